The van der Waals surface area contributed by atoms with Crippen LogP contribution in [0.2, 0.25) is 25.7 Å². The summed E-state index contributed by atoms with van der Waals surface area (Å²) in [6.07, 6.45) is 3.53. The lowest BCUT2D eigenvalue weighted by molar-refractivity contribution is 0.0623. The highest BCUT2D eigenvalue weighted by Crippen LogP contribution is 2.38. The topological polar surface area (TPSA) is 154 Å². The highest BCUT2D eigenvalue weighted by Gasteiger charge is 2.26. The predicted octanol–water partition coefficient (Wildman–Crippen LogP) is 9.30. The summed E-state index contributed by atoms with van der Waals surface area (Å²) in [5.74, 6) is 0.374. The van der Waals surface area contributed by atoms with Crippen LogP contribution in [-0.4, -0.2) is 207 Å². The molecule has 4 aromatic carbocycles. The number of hydrogen-bond acceptors (Lipinski definition) is 13. The molecule has 0 radical (unpaired) electrons. The first-order chi connectivity index (χ1) is 39.4. The van der Waals surface area contributed by atoms with Crippen molar-refractivity contribution in [1.29, 1.82) is 0 Å². The number of H-pyrrole nitrogens is 1. The van der Waals surface area contributed by atoms with E-state index in [2.05, 4.69) is 82.6 Å². The van der Waals surface area contributed by atoms with E-state index in [9.17, 15) is 18.4 Å². The summed E-state index contributed by atoms with van der Waals surface area (Å²) in [6, 6.07) is 29.1. The van der Waals surface area contributed by atoms with E-state index in [1.165, 1.54) is 24.3 Å². The summed E-state index contributed by atoms with van der Waals surface area (Å²) in [5, 5.41) is 13.6. The van der Waals surface area contributed by atoms with Gasteiger partial charge >= 0.3 is 0 Å². The standard InChI is InChI=1S/C34H45FN6O3Si.C28H31FN6O2/c1-38(2)12-13-39-14-16-40(17-15-39)34(42)26-9-7-8-25(20-26)27-21-30-32(29-22-28(35)10-11-31(29)43-3)37-41(33(30)36-23-27)24-44-18-19-45(4,5)6;1-33(2)9-10-34-11-13-35(14-12-34)28(36)20-6-4-5-19(15-20)21-16-24-26(31-32-27(24)30-18-21)23-17-22(29)7-8-25(23)37-3/h7-11,20-23H,12-19,24H2,1-6H3;4-8,15-18H,9-14H2,1-3H3,(H,30,31,32). The normalized spacial score (nSPS) is 14.5. The molecule has 0 atom stereocenters. The lowest BCUT2D eigenvalue weighted by Gasteiger charge is -2.35. The van der Waals surface area contributed by atoms with Crippen LogP contribution < -0.4 is 9.47 Å². The number of benzene rings is 4. The molecule has 17 nitrogen and oxygen atoms in total. The number of likely N-dealkylation sites (N-methyl/N-ethyl adjacent to an activating group) is 2. The number of fused-ring (bicyclic) bond motifs is 2. The first kappa shape index (κ1) is 59.2. The molecule has 0 saturated carbocycles. The van der Waals surface area contributed by atoms with Crippen molar-refractivity contribution in [2.75, 3.05) is 128 Å². The molecule has 2 aliphatic heterocycles. The van der Waals surface area contributed by atoms with Crippen molar-refractivity contribution in [3.8, 4) is 56.3 Å². The molecule has 10 rings (SSSR count). The smallest absolute Gasteiger partial charge is 0.253 e. The maximum atomic E-state index is 14.5. The summed E-state index contributed by atoms with van der Waals surface area (Å²) < 4.78 is 47.3. The SMILES string of the molecule is COc1ccc(F)cc1-c1[nH]nc2ncc(-c3cccc(C(=O)N4CCN(CCN(C)C)CC4)c3)cc12.COc1ccc(F)cc1-c1nn(COCC[Si](C)(C)C)c2ncc(-c3cccc(C(=O)N4CCN(CCN(C)C)CC4)c3)cc12. The average Bonchev–Trinajstić information content (AvgIpc) is 4.12. The monoisotopic (exact) mass is 1130 g/mol. The van der Waals surface area contributed by atoms with Crippen molar-refractivity contribution in [3.05, 3.63) is 132 Å². The van der Waals surface area contributed by atoms with Crippen LogP contribution in [0.15, 0.2) is 109 Å². The van der Waals surface area contributed by atoms with Gasteiger partial charge in [-0.25, -0.2) is 23.4 Å². The number of halogens is 2. The zero-order chi connectivity index (χ0) is 58.1. The van der Waals surface area contributed by atoms with Crippen LogP contribution >= 0.6 is 0 Å². The number of nitrogens with one attached hydrogen (secondary N) is 1. The molecule has 4 aromatic heterocycles. The second-order valence-electron chi connectivity index (χ2n) is 22.7. The van der Waals surface area contributed by atoms with Crippen LogP contribution in [0.5, 0.6) is 11.5 Å². The van der Waals surface area contributed by atoms with Gasteiger partial charge in [-0.2, -0.15) is 10.2 Å². The summed E-state index contributed by atoms with van der Waals surface area (Å²) >= 11 is 0. The number of rotatable bonds is 19. The number of ether oxygens (including phenoxy) is 3. The molecule has 8 aromatic rings. The average molecular weight is 1140 g/mol. The van der Waals surface area contributed by atoms with Crippen LogP contribution in [0.1, 0.15) is 20.7 Å². The van der Waals surface area contributed by atoms with Gasteiger partial charge in [-0.05, 0) is 118 Å². The summed E-state index contributed by atoms with van der Waals surface area (Å²) in [6.45, 7) is 18.2. The molecule has 6 heterocycles. The van der Waals surface area contributed by atoms with Crippen LogP contribution in [0.3, 0.4) is 0 Å². The van der Waals surface area contributed by atoms with Gasteiger partial charge in [0.25, 0.3) is 11.8 Å². The number of pyridine rings is 2. The fraction of sp³-hybridized carbons (Fsp3) is 0.387. The minimum absolute atomic E-state index is 0.0339. The van der Waals surface area contributed by atoms with E-state index in [-0.39, 0.29) is 30.2 Å². The molecule has 0 aliphatic carbocycles. The third-order valence-electron chi connectivity index (χ3n) is 15.0. The highest BCUT2D eigenvalue weighted by atomic mass is 28.3. The van der Waals surface area contributed by atoms with Crippen molar-refractivity contribution in [3.63, 3.8) is 0 Å². The van der Waals surface area contributed by atoms with Gasteiger partial charge in [0, 0.05) is 150 Å². The number of methoxy groups -OCH3 is 2. The molecule has 432 valence electrons. The number of aromatic nitrogens is 6. The Morgan fingerprint density at radius 1 is 0.622 bits per heavy atom. The molecule has 0 bridgehead atoms. The zero-order valence-corrected chi connectivity index (χ0v) is 49.7. The lowest BCUT2D eigenvalue weighted by atomic mass is 10.0. The van der Waals surface area contributed by atoms with Gasteiger partial charge in [0.05, 0.1) is 19.9 Å². The van der Waals surface area contributed by atoms with Crippen LogP contribution in [0.25, 0.3) is 66.8 Å². The molecule has 2 saturated heterocycles. The zero-order valence-electron chi connectivity index (χ0n) is 48.7. The van der Waals surface area contributed by atoms with Crippen LogP contribution in [-0.2, 0) is 11.5 Å². The first-order valence-corrected chi connectivity index (χ1v) is 31.7. The molecule has 82 heavy (non-hydrogen) atoms. The van der Waals surface area contributed by atoms with Crippen molar-refractivity contribution >= 4 is 42.0 Å². The second kappa shape index (κ2) is 26.6. The Kier molecular flexibility index (Phi) is 19.2. The number of carbonyl (C=O) groups is 2. The van der Waals surface area contributed by atoms with E-state index in [0.717, 1.165) is 105 Å². The van der Waals surface area contributed by atoms with Crippen LogP contribution in [0.4, 0.5) is 8.78 Å². The first-order valence-electron chi connectivity index (χ1n) is 27.9. The third-order valence-corrected chi connectivity index (χ3v) is 16.7. The van der Waals surface area contributed by atoms with E-state index >= 15 is 0 Å². The van der Waals surface area contributed by atoms with Gasteiger partial charge in [0.2, 0.25) is 0 Å². The Bertz CT molecular complexity index is 3500. The molecule has 2 fully saturated rings. The number of piperazine rings is 2. The van der Waals surface area contributed by atoms with Gasteiger partial charge in [-0.1, -0.05) is 43.9 Å². The van der Waals surface area contributed by atoms with Crippen molar-refractivity contribution in [2.45, 2.75) is 32.4 Å². The Labute approximate surface area is 480 Å². The number of hydrogen-bond donors (Lipinski definition) is 1. The van der Waals surface area contributed by atoms with Gasteiger partial charge in [0.15, 0.2) is 11.3 Å². The van der Waals surface area contributed by atoms with E-state index in [1.807, 2.05) is 70.5 Å². The number of nitrogens with zero attached hydrogens (tertiary/aromatic N) is 11. The van der Waals surface area contributed by atoms with E-state index < -0.39 is 8.07 Å². The third kappa shape index (κ3) is 14.6. The van der Waals surface area contributed by atoms with Gasteiger partial charge in [-0.3, -0.25) is 24.5 Å². The quantitative estimate of drug-likeness (QED) is 0.0605. The molecule has 1 N–H and O–H groups in total. The Hall–Kier alpha value is -7.46. The maximum Gasteiger partial charge on any atom is 0.253 e. The molecule has 20 heteroatoms. The Morgan fingerprint density at radius 3 is 1.66 bits per heavy atom. The minimum atomic E-state index is -1.25. The minimum Gasteiger partial charge on any atom is -0.496 e. The van der Waals surface area contributed by atoms with Gasteiger partial charge < -0.3 is 33.8 Å². The number of aromatic amines is 1. The second-order valence-corrected chi connectivity index (χ2v) is 28.3. The van der Waals surface area contributed by atoms with Gasteiger partial charge in [-0.15, -0.1) is 0 Å². The van der Waals surface area contributed by atoms with E-state index in [4.69, 9.17) is 24.3 Å². The maximum absolute atomic E-state index is 14.5. The Balaban J connectivity index is 0.000000201. The van der Waals surface area contributed by atoms with Gasteiger partial charge in [0.1, 0.15) is 35.6 Å². The van der Waals surface area contributed by atoms with Crippen molar-refractivity contribution in [1.82, 2.24) is 59.3 Å². The van der Waals surface area contributed by atoms with Crippen LogP contribution in [0, 0.1) is 11.6 Å². The molecule has 0 spiro atoms. The fourth-order valence-electron chi connectivity index (χ4n) is 10.1. The predicted molar refractivity (Wildman–Crippen MR) is 322 cm³/mol. The van der Waals surface area contributed by atoms with E-state index in [0.29, 0.717) is 76.1 Å². The lowest BCUT2D eigenvalue weighted by Crippen LogP contribution is -2.49. The van der Waals surface area contributed by atoms with E-state index in [1.54, 1.807) is 43.4 Å². The van der Waals surface area contributed by atoms with Crippen molar-refractivity contribution in [2.24, 2.45) is 0 Å². The highest BCUT2D eigenvalue weighted by molar-refractivity contribution is 6.76. The largest absolute Gasteiger partial charge is 0.496 e. The fourth-order valence-corrected chi connectivity index (χ4v) is 10.9. The molecule has 2 amide bonds. The van der Waals surface area contributed by atoms with Crippen molar-refractivity contribution < 1.29 is 32.6 Å². The number of amides is 2. The Morgan fingerprint density at radius 2 is 1.13 bits per heavy atom. The molecular weight excluding hydrogens is 1060 g/mol. The number of carbonyl (C=O) groups excluding carboxylic acids is 2. The molecule has 2 aliphatic rings. The molecular formula is C62H76F2N12O5Si. The summed E-state index contributed by atoms with van der Waals surface area (Å²) in [7, 11) is 10.2. The summed E-state index contributed by atoms with van der Waals surface area (Å²) in [5.41, 5.74) is 8.16. The summed E-state index contributed by atoms with van der Waals surface area (Å²) in [4.78, 5) is 49.1. The molecule has 0 unspecified atom stereocenters.